The average Bonchev–Trinajstić information content (AvgIpc) is 2.62. The fraction of sp³-hybridized carbons (Fsp3) is 0.111. The maximum Gasteiger partial charge on any atom is 0.433 e. The topological polar surface area (TPSA) is 44.2 Å². The van der Waals surface area contributed by atoms with Crippen molar-refractivity contribution in [3.05, 3.63) is 65.6 Å². The number of benzene rings is 1. The fourth-order valence-corrected chi connectivity index (χ4v) is 2.46. The highest BCUT2D eigenvalue weighted by molar-refractivity contribution is 6.31. The molecule has 0 bridgehead atoms. The lowest BCUT2D eigenvalue weighted by molar-refractivity contribution is -0.141. The fourth-order valence-electron chi connectivity index (χ4n) is 2.29. The average molecular weight is 381 g/mol. The van der Waals surface area contributed by atoms with E-state index in [4.69, 9.17) is 21.1 Å². The third kappa shape index (κ3) is 3.88. The Labute approximate surface area is 152 Å². The van der Waals surface area contributed by atoms with E-state index in [0.29, 0.717) is 21.9 Å². The highest BCUT2D eigenvalue weighted by atomic mass is 35.5. The van der Waals surface area contributed by atoms with Gasteiger partial charge in [-0.2, -0.15) is 13.2 Å². The van der Waals surface area contributed by atoms with Crippen molar-refractivity contribution in [2.24, 2.45) is 0 Å². The predicted octanol–water partition coefficient (Wildman–Crippen LogP) is 5.62. The van der Waals surface area contributed by atoms with Crippen LogP contribution in [0, 0.1) is 0 Å². The van der Waals surface area contributed by atoms with Crippen LogP contribution in [0.5, 0.6) is 17.4 Å². The second-order valence-electron chi connectivity index (χ2n) is 5.18. The number of nitrogens with zero attached hydrogens (tertiary/aromatic N) is 2. The van der Waals surface area contributed by atoms with Gasteiger partial charge in [0.2, 0.25) is 5.88 Å². The van der Waals surface area contributed by atoms with Crippen LogP contribution < -0.4 is 9.47 Å². The van der Waals surface area contributed by atoms with Crippen LogP contribution >= 0.6 is 11.6 Å². The number of hydrogen-bond donors (Lipinski definition) is 0. The van der Waals surface area contributed by atoms with Gasteiger partial charge in [0.25, 0.3) is 0 Å². The van der Waals surface area contributed by atoms with Crippen LogP contribution in [0.2, 0.25) is 5.02 Å². The van der Waals surface area contributed by atoms with Crippen LogP contribution in [-0.4, -0.2) is 17.1 Å². The summed E-state index contributed by atoms with van der Waals surface area (Å²) in [5.41, 5.74) is 0.220. The molecule has 0 unspecified atom stereocenters. The molecule has 4 nitrogen and oxygen atoms in total. The summed E-state index contributed by atoms with van der Waals surface area (Å²) in [4.78, 5) is 7.53. The Balaban J connectivity index is 1.97. The normalized spacial score (nSPS) is 11.3. The lowest BCUT2D eigenvalue weighted by atomic mass is 10.1. The molecule has 0 N–H and O–H groups in total. The summed E-state index contributed by atoms with van der Waals surface area (Å²) in [7, 11) is 1.52. The maximum absolute atomic E-state index is 12.6. The number of alkyl halides is 3. The second kappa shape index (κ2) is 7.21. The number of aromatic nitrogens is 2. The van der Waals surface area contributed by atoms with E-state index >= 15 is 0 Å². The molecule has 0 aliphatic heterocycles. The first kappa shape index (κ1) is 18.0. The Morgan fingerprint density at radius 2 is 1.81 bits per heavy atom. The first-order valence-corrected chi connectivity index (χ1v) is 7.76. The molecule has 2 heterocycles. The summed E-state index contributed by atoms with van der Waals surface area (Å²) in [5, 5.41) is 0.492. The van der Waals surface area contributed by atoms with E-state index in [1.165, 1.54) is 19.4 Å². The first-order valence-electron chi connectivity index (χ1n) is 7.38. The van der Waals surface area contributed by atoms with Gasteiger partial charge in [-0.05, 0) is 42.5 Å². The quantitative estimate of drug-likeness (QED) is 0.589. The lowest BCUT2D eigenvalue weighted by Crippen LogP contribution is -2.07. The van der Waals surface area contributed by atoms with E-state index in [9.17, 15) is 13.2 Å². The van der Waals surface area contributed by atoms with E-state index in [-0.39, 0.29) is 11.6 Å². The minimum atomic E-state index is -4.51. The van der Waals surface area contributed by atoms with Crippen LogP contribution in [0.25, 0.3) is 11.1 Å². The summed E-state index contributed by atoms with van der Waals surface area (Å²) in [6.07, 6.45) is -2.01. The smallest absolute Gasteiger partial charge is 0.433 e. The molecule has 0 atom stereocenters. The highest BCUT2D eigenvalue weighted by Crippen LogP contribution is 2.38. The molecule has 3 aromatic rings. The van der Waals surface area contributed by atoms with Crippen molar-refractivity contribution in [2.45, 2.75) is 6.18 Å². The molecule has 0 amide bonds. The number of rotatable bonds is 4. The van der Waals surface area contributed by atoms with Gasteiger partial charge in [-0.25, -0.2) is 9.97 Å². The number of ether oxygens (including phenoxy) is 2. The molecule has 0 radical (unpaired) electrons. The molecule has 0 saturated carbocycles. The van der Waals surface area contributed by atoms with Crippen molar-refractivity contribution in [2.75, 3.05) is 7.11 Å². The largest absolute Gasteiger partial charge is 0.496 e. The molecule has 2 aromatic heterocycles. The van der Waals surface area contributed by atoms with E-state index in [1.54, 1.807) is 30.3 Å². The first-order chi connectivity index (χ1) is 12.4. The maximum atomic E-state index is 12.6. The Hall–Kier alpha value is -2.80. The number of hydrogen-bond acceptors (Lipinski definition) is 4. The van der Waals surface area contributed by atoms with E-state index in [2.05, 4.69) is 9.97 Å². The molecule has 134 valence electrons. The molecular weight excluding hydrogens is 369 g/mol. The monoisotopic (exact) mass is 380 g/mol. The van der Waals surface area contributed by atoms with Gasteiger partial charge in [-0.1, -0.05) is 11.6 Å². The molecule has 3 rings (SSSR count). The van der Waals surface area contributed by atoms with E-state index < -0.39 is 11.9 Å². The molecule has 0 aliphatic carbocycles. The van der Waals surface area contributed by atoms with Gasteiger partial charge in [0.1, 0.15) is 17.2 Å². The van der Waals surface area contributed by atoms with Crippen molar-refractivity contribution in [3.63, 3.8) is 0 Å². The van der Waals surface area contributed by atoms with Crippen molar-refractivity contribution in [1.82, 2.24) is 9.97 Å². The molecule has 0 aliphatic rings. The minimum absolute atomic E-state index is 0.124. The van der Waals surface area contributed by atoms with Gasteiger partial charge in [-0.3, -0.25) is 0 Å². The minimum Gasteiger partial charge on any atom is -0.496 e. The summed E-state index contributed by atoms with van der Waals surface area (Å²) in [6, 6.07) is 10.5. The van der Waals surface area contributed by atoms with Crippen LogP contribution in [0.15, 0.2) is 54.9 Å². The summed E-state index contributed by atoms with van der Waals surface area (Å²) in [6.45, 7) is 0. The van der Waals surface area contributed by atoms with Crippen LogP contribution in [0.3, 0.4) is 0 Å². The predicted molar refractivity (Wildman–Crippen MR) is 90.5 cm³/mol. The van der Waals surface area contributed by atoms with Gasteiger partial charge in [-0.15, -0.1) is 0 Å². The summed E-state index contributed by atoms with van der Waals surface area (Å²) >= 11 is 6.06. The molecule has 8 heteroatoms. The zero-order valence-electron chi connectivity index (χ0n) is 13.4. The molecular formula is C18H12ClF3N2O2. The van der Waals surface area contributed by atoms with Crippen molar-refractivity contribution < 1.29 is 22.6 Å². The molecule has 0 saturated heterocycles. The summed E-state index contributed by atoms with van der Waals surface area (Å²) in [5.74, 6) is 0.867. The van der Waals surface area contributed by atoms with E-state index in [1.807, 2.05) is 0 Å². The van der Waals surface area contributed by atoms with Crippen LogP contribution in [0.1, 0.15) is 5.69 Å². The van der Waals surface area contributed by atoms with Gasteiger partial charge >= 0.3 is 6.18 Å². The Bertz CT molecular complexity index is 915. The Kier molecular flexibility index (Phi) is 4.99. The zero-order valence-corrected chi connectivity index (χ0v) is 14.2. The molecule has 0 spiro atoms. The SMILES string of the molecule is COc1ccc(Cl)cc1-c1cccnc1Oc1ccc(C(F)(F)F)nc1. The zero-order chi connectivity index (χ0) is 18.7. The van der Waals surface area contributed by atoms with Crippen LogP contribution in [-0.2, 0) is 6.18 Å². The number of pyridine rings is 2. The van der Waals surface area contributed by atoms with E-state index in [0.717, 1.165) is 12.3 Å². The third-order valence-electron chi connectivity index (χ3n) is 3.46. The van der Waals surface area contributed by atoms with Gasteiger partial charge < -0.3 is 9.47 Å². The Morgan fingerprint density at radius 1 is 1.00 bits per heavy atom. The lowest BCUT2D eigenvalue weighted by Gasteiger charge is -2.13. The Morgan fingerprint density at radius 3 is 2.46 bits per heavy atom. The molecule has 0 fully saturated rings. The second-order valence-corrected chi connectivity index (χ2v) is 5.62. The van der Waals surface area contributed by atoms with Crippen LogP contribution in [0.4, 0.5) is 13.2 Å². The van der Waals surface area contributed by atoms with Gasteiger partial charge in [0, 0.05) is 22.3 Å². The van der Waals surface area contributed by atoms with Gasteiger partial charge in [0.15, 0.2) is 0 Å². The highest BCUT2D eigenvalue weighted by Gasteiger charge is 2.32. The molecule has 26 heavy (non-hydrogen) atoms. The number of methoxy groups -OCH3 is 1. The van der Waals surface area contributed by atoms with Crippen molar-refractivity contribution in [3.8, 4) is 28.5 Å². The molecule has 1 aromatic carbocycles. The standard InChI is InChI=1S/C18H12ClF3N2O2/c1-25-15-6-4-11(19)9-14(15)13-3-2-8-23-17(13)26-12-5-7-16(24-10-12)18(20,21)22/h2-10H,1H3. The van der Waals surface area contributed by atoms with Crippen molar-refractivity contribution in [1.29, 1.82) is 0 Å². The third-order valence-corrected chi connectivity index (χ3v) is 3.70. The summed E-state index contributed by atoms with van der Waals surface area (Å²) < 4.78 is 48.8. The van der Waals surface area contributed by atoms with Gasteiger partial charge in [0.05, 0.1) is 13.3 Å². The van der Waals surface area contributed by atoms with Crippen molar-refractivity contribution >= 4 is 11.6 Å². The number of halogens is 4.